The summed E-state index contributed by atoms with van der Waals surface area (Å²) in [5, 5.41) is 1.61. The molecule has 0 radical (unpaired) electrons. The number of pyridine rings is 1. The molecule has 0 N–H and O–H groups in total. The summed E-state index contributed by atoms with van der Waals surface area (Å²) in [5.41, 5.74) is 2.35. The number of rotatable bonds is 4. The van der Waals surface area contributed by atoms with Gasteiger partial charge in [-0.15, -0.1) is 0 Å². The van der Waals surface area contributed by atoms with Crippen molar-refractivity contribution in [2.75, 3.05) is 0 Å². The van der Waals surface area contributed by atoms with Crippen molar-refractivity contribution in [3.05, 3.63) is 35.2 Å². The number of hydrogen-bond acceptors (Lipinski definition) is 4. The van der Waals surface area contributed by atoms with E-state index in [2.05, 4.69) is 4.98 Å². The summed E-state index contributed by atoms with van der Waals surface area (Å²) >= 11 is -2.32. The number of ketones is 1. The van der Waals surface area contributed by atoms with Gasteiger partial charge < -0.3 is 4.55 Å². The highest BCUT2D eigenvalue weighted by Gasteiger charge is 2.41. The zero-order chi connectivity index (χ0) is 17.1. The number of Topliss-reactive ketones (excluding diaryl/α,β-unsaturated/α-hetero) is 1. The van der Waals surface area contributed by atoms with E-state index in [1.54, 1.807) is 13.1 Å². The molecule has 5 heteroatoms. The zero-order valence-corrected chi connectivity index (χ0v) is 14.7. The third kappa shape index (κ3) is 2.33. The average molecular weight is 342 g/mol. The molecule has 2 atom stereocenters. The van der Waals surface area contributed by atoms with Crippen molar-refractivity contribution in [1.29, 1.82) is 0 Å². The van der Waals surface area contributed by atoms with Crippen LogP contribution in [0, 0.1) is 5.41 Å². The molecule has 2 aliphatic carbocycles. The van der Waals surface area contributed by atoms with Gasteiger partial charge in [-0.25, -0.2) is 0 Å². The summed E-state index contributed by atoms with van der Waals surface area (Å²) in [7, 11) is 0. The van der Waals surface area contributed by atoms with Gasteiger partial charge in [0.15, 0.2) is 0 Å². The Bertz CT molecular complexity index is 888. The van der Waals surface area contributed by atoms with E-state index in [0.717, 1.165) is 46.9 Å². The van der Waals surface area contributed by atoms with Crippen LogP contribution in [0.5, 0.6) is 0 Å². The third-order valence-electron chi connectivity index (χ3n) is 5.82. The molecule has 24 heavy (non-hydrogen) atoms. The lowest BCUT2D eigenvalue weighted by atomic mass is 9.78. The van der Waals surface area contributed by atoms with Gasteiger partial charge in [0.25, 0.3) is 0 Å². The Morgan fingerprint density at radius 2 is 2.12 bits per heavy atom. The van der Waals surface area contributed by atoms with Crippen LogP contribution in [0.25, 0.3) is 10.8 Å². The van der Waals surface area contributed by atoms with Crippen LogP contribution in [0.3, 0.4) is 0 Å². The number of carbonyl (C=O) groups is 1. The smallest absolute Gasteiger partial charge is 0.136 e. The van der Waals surface area contributed by atoms with Gasteiger partial charge in [-0.05, 0) is 73.4 Å². The first-order valence-corrected chi connectivity index (χ1v) is 9.57. The van der Waals surface area contributed by atoms with Crippen LogP contribution in [0.4, 0.5) is 0 Å². The fraction of sp³-hybridized carbons (Fsp3) is 0.474. The Hall–Kier alpha value is -1.59. The average Bonchev–Trinajstić information content (AvgIpc) is 3.32. The quantitative estimate of drug-likeness (QED) is 0.798. The lowest BCUT2D eigenvalue weighted by Crippen LogP contribution is -2.29. The molecule has 4 nitrogen and oxygen atoms in total. The van der Waals surface area contributed by atoms with Gasteiger partial charge in [0, 0.05) is 38.9 Å². The van der Waals surface area contributed by atoms with Gasteiger partial charge in [-0.1, -0.05) is 6.92 Å². The van der Waals surface area contributed by atoms with E-state index in [1.807, 2.05) is 19.1 Å². The molecule has 126 valence electrons. The summed E-state index contributed by atoms with van der Waals surface area (Å²) < 4.78 is 24.1. The molecule has 0 aliphatic heterocycles. The Morgan fingerprint density at radius 1 is 1.38 bits per heavy atom. The largest absolute Gasteiger partial charge is 0.768 e. The molecule has 0 saturated heterocycles. The van der Waals surface area contributed by atoms with Gasteiger partial charge in [0.2, 0.25) is 0 Å². The van der Waals surface area contributed by atoms with E-state index < -0.39 is 16.5 Å². The molecule has 0 bridgehead atoms. The Morgan fingerprint density at radius 3 is 2.71 bits per heavy atom. The van der Waals surface area contributed by atoms with Gasteiger partial charge in [0.1, 0.15) is 5.78 Å². The molecule has 1 aromatic carbocycles. The monoisotopic (exact) mass is 342 g/mol. The molecule has 2 aliphatic rings. The van der Waals surface area contributed by atoms with Crippen LogP contribution in [0.15, 0.2) is 23.2 Å². The lowest BCUT2D eigenvalue weighted by molar-refractivity contribution is -0.126. The minimum Gasteiger partial charge on any atom is -0.768 e. The number of aromatic nitrogens is 1. The van der Waals surface area contributed by atoms with Crippen LogP contribution >= 0.6 is 0 Å². The minimum absolute atomic E-state index is 0.143. The van der Waals surface area contributed by atoms with Crippen molar-refractivity contribution in [3.63, 3.8) is 0 Å². The summed E-state index contributed by atoms with van der Waals surface area (Å²) in [6, 6.07) is 3.98. The number of nitrogens with zero attached hydrogens (tertiary/aromatic N) is 1. The fourth-order valence-electron chi connectivity index (χ4n) is 4.03. The summed E-state index contributed by atoms with van der Waals surface area (Å²) in [5.74, 6) is 0.618. The standard InChI is InChI=1S/C19H21NO3S/c1-3-19(11(2)21)8-13-6-14-10-20-17(12-4-5-12)7-15(14)18(24(22)23)16(13)9-19/h6-7,10,12H,3-5,8-9H2,1-2H3,(H,22,23)/p-1. The Kier molecular flexibility index (Phi) is 3.62. The van der Waals surface area contributed by atoms with Gasteiger partial charge in [-0.3, -0.25) is 14.0 Å². The predicted octanol–water partition coefficient (Wildman–Crippen LogP) is 3.43. The lowest BCUT2D eigenvalue weighted by Gasteiger charge is -2.24. The molecule has 0 amide bonds. The molecule has 2 aromatic rings. The second-order valence-electron chi connectivity index (χ2n) is 7.23. The minimum atomic E-state index is -2.32. The molecular formula is C19H20NO3S-. The van der Waals surface area contributed by atoms with Gasteiger partial charge >= 0.3 is 0 Å². The normalized spacial score (nSPS) is 24.1. The molecule has 2 unspecified atom stereocenters. The van der Waals surface area contributed by atoms with Crippen molar-refractivity contribution >= 4 is 27.6 Å². The van der Waals surface area contributed by atoms with Crippen molar-refractivity contribution in [3.8, 4) is 0 Å². The highest BCUT2D eigenvalue weighted by Crippen LogP contribution is 2.46. The maximum absolute atomic E-state index is 12.2. The molecule has 1 aromatic heterocycles. The van der Waals surface area contributed by atoms with Crippen molar-refractivity contribution in [1.82, 2.24) is 4.98 Å². The van der Waals surface area contributed by atoms with E-state index in [9.17, 15) is 13.6 Å². The first-order valence-electron chi connectivity index (χ1n) is 8.50. The first-order chi connectivity index (χ1) is 11.4. The summed E-state index contributed by atoms with van der Waals surface area (Å²) in [6.07, 6.45) is 5.92. The van der Waals surface area contributed by atoms with E-state index in [4.69, 9.17) is 0 Å². The maximum Gasteiger partial charge on any atom is 0.136 e. The van der Waals surface area contributed by atoms with Crippen LogP contribution in [-0.4, -0.2) is 19.5 Å². The molecular weight excluding hydrogens is 322 g/mol. The highest BCUT2D eigenvalue weighted by atomic mass is 32.2. The summed E-state index contributed by atoms with van der Waals surface area (Å²) in [6.45, 7) is 3.63. The van der Waals surface area contributed by atoms with E-state index >= 15 is 0 Å². The molecule has 4 rings (SSSR count). The van der Waals surface area contributed by atoms with Crippen LogP contribution in [-0.2, 0) is 28.7 Å². The van der Waals surface area contributed by atoms with E-state index in [1.165, 1.54) is 0 Å². The molecule has 1 heterocycles. The molecule has 1 fully saturated rings. The fourth-order valence-corrected chi connectivity index (χ4v) is 4.80. The Balaban J connectivity index is 1.95. The topological polar surface area (TPSA) is 70.1 Å². The van der Waals surface area contributed by atoms with Crippen molar-refractivity contribution in [2.24, 2.45) is 5.41 Å². The van der Waals surface area contributed by atoms with Gasteiger partial charge in [0.05, 0.1) is 0 Å². The maximum atomic E-state index is 12.2. The first kappa shape index (κ1) is 15.9. The van der Waals surface area contributed by atoms with Gasteiger partial charge in [-0.2, -0.15) is 0 Å². The number of hydrogen-bond donors (Lipinski definition) is 0. The van der Waals surface area contributed by atoms with Crippen LogP contribution in [0.2, 0.25) is 0 Å². The van der Waals surface area contributed by atoms with E-state index in [0.29, 0.717) is 23.7 Å². The molecule has 1 saturated carbocycles. The van der Waals surface area contributed by atoms with Crippen LogP contribution in [0.1, 0.15) is 55.8 Å². The highest BCUT2D eigenvalue weighted by molar-refractivity contribution is 7.79. The van der Waals surface area contributed by atoms with Crippen molar-refractivity contribution < 1.29 is 13.6 Å². The number of benzene rings is 1. The van der Waals surface area contributed by atoms with E-state index in [-0.39, 0.29) is 5.78 Å². The predicted molar refractivity (Wildman–Crippen MR) is 91.7 cm³/mol. The van der Waals surface area contributed by atoms with Crippen molar-refractivity contribution in [2.45, 2.75) is 56.8 Å². The molecule has 0 spiro atoms. The number of carbonyl (C=O) groups excluding carboxylic acids is 1. The second kappa shape index (κ2) is 5.46. The SMILES string of the molecule is CCC1(C(C)=O)Cc2cc3cnc(C4CC4)cc3c(S(=O)[O-])c2C1. The Labute approximate surface area is 144 Å². The third-order valence-corrected chi connectivity index (χ3v) is 6.62. The number of fused-ring (bicyclic) bond motifs is 2. The zero-order valence-electron chi connectivity index (χ0n) is 13.9. The second-order valence-corrected chi connectivity index (χ2v) is 8.10. The summed E-state index contributed by atoms with van der Waals surface area (Å²) in [4.78, 5) is 17.1. The van der Waals surface area contributed by atoms with Crippen LogP contribution < -0.4 is 0 Å².